The molecule has 3 aromatic rings. The zero-order valence-corrected chi connectivity index (χ0v) is 19.8. The summed E-state index contributed by atoms with van der Waals surface area (Å²) in [5.74, 6) is 1.00. The minimum absolute atomic E-state index is 0.0228. The molecule has 0 bridgehead atoms. The normalized spacial score (nSPS) is 15.2. The Balaban J connectivity index is 1.39. The van der Waals surface area contributed by atoms with Gasteiger partial charge in [-0.2, -0.15) is 0 Å². The molecule has 0 aliphatic carbocycles. The first kappa shape index (κ1) is 23.0. The van der Waals surface area contributed by atoms with Crippen LogP contribution in [0.25, 0.3) is 0 Å². The highest BCUT2D eigenvalue weighted by Crippen LogP contribution is 2.25. The molecule has 1 saturated heterocycles. The topological polar surface area (TPSA) is 45.7 Å². The van der Waals surface area contributed by atoms with Crippen molar-refractivity contribution in [2.45, 2.75) is 39.2 Å². The van der Waals surface area contributed by atoms with E-state index >= 15 is 0 Å². The van der Waals surface area contributed by atoms with Crippen molar-refractivity contribution in [3.63, 3.8) is 0 Å². The summed E-state index contributed by atoms with van der Waals surface area (Å²) in [6, 6.07) is 22.0. The van der Waals surface area contributed by atoms with Gasteiger partial charge in [0.25, 0.3) is 5.91 Å². The molecule has 0 atom stereocenters. The molecule has 1 aliphatic heterocycles. The summed E-state index contributed by atoms with van der Waals surface area (Å²) < 4.78 is 5.92. The minimum Gasteiger partial charge on any atom is -0.438 e. The SMILES string of the molecule is CC(C)(C)c1ccc(CN2CCCN(C(=O)c3cccnc3Oc3ccccc3)CC2)cc1. The van der Waals surface area contributed by atoms with Crippen LogP contribution in [-0.2, 0) is 12.0 Å². The number of rotatable bonds is 5. The van der Waals surface area contributed by atoms with Gasteiger partial charge >= 0.3 is 0 Å². The van der Waals surface area contributed by atoms with Gasteiger partial charge in [0, 0.05) is 38.9 Å². The van der Waals surface area contributed by atoms with Gasteiger partial charge in [-0.1, -0.05) is 63.2 Å². The van der Waals surface area contributed by atoms with E-state index in [0.717, 1.165) is 32.6 Å². The number of ether oxygens (including phenoxy) is 1. The smallest absolute Gasteiger partial charge is 0.259 e. The maximum absolute atomic E-state index is 13.3. The second kappa shape index (κ2) is 10.2. The molecule has 0 unspecified atom stereocenters. The molecule has 4 rings (SSSR count). The molecular formula is C28H33N3O2. The lowest BCUT2D eigenvalue weighted by Gasteiger charge is -2.23. The summed E-state index contributed by atoms with van der Waals surface area (Å²) in [4.78, 5) is 22.0. The van der Waals surface area contributed by atoms with E-state index in [4.69, 9.17) is 4.74 Å². The largest absolute Gasteiger partial charge is 0.438 e. The number of carbonyl (C=O) groups is 1. The van der Waals surface area contributed by atoms with Gasteiger partial charge in [0.2, 0.25) is 5.88 Å². The number of carbonyl (C=O) groups excluding carboxylic acids is 1. The number of hydrogen-bond acceptors (Lipinski definition) is 4. The van der Waals surface area contributed by atoms with Gasteiger partial charge in [-0.15, -0.1) is 0 Å². The van der Waals surface area contributed by atoms with E-state index in [9.17, 15) is 4.79 Å². The Morgan fingerprint density at radius 2 is 1.67 bits per heavy atom. The van der Waals surface area contributed by atoms with Gasteiger partial charge in [0.05, 0.1) is 0 Å². The lowest BCUT2D eigenvalue weighted by molar-refractivity contribution is 0.0757. The van der Waals surface area contributed by atoms with Crippen LogP contribution in [0, 0.1) is 0 Å². The summed E-state index contributed by atoms with van der Waals surface area (Å²) in [5, 5.41) is 0. The standard InChI is InChI=1S/C28H33N3O2/c1-28(2,3)23-14-12-22(13-15-23)21-30-17-8-18-31(20-19-30)27(32)25-11-7-16-29-26(25)33-24-9-5-4-6-10-24/h4-7,9-16H,8,17-21H2,1-3H3. The fourth-order valence-electron chi connectivity index (χ4n) is 4.11. The quantitative estimate of drug-likeness (QED) is 0.521. The second-order valence-corrected chi connectivity index (χ2v) is 9.64. The van der Waals surface area contributed by atoms with Crippen molar-refractivity contribution in [1.29, 1.82) is 0 Å². The van der Waals surface area contributed by atoms with Crippen molar-refractivity contribution in [2.24, 2.45) is 0 Å². The van der Waals surface area contributed by atoms with Crippen LogP contribution in [0.3, 0.4) is 0 Å². The monoisotopic (exact) mass is 443 g/mol. The molecule has 0 N–H and O–H groups in total. The van der Waals surface area contributed by atoms with Crippen LogP contribution >= 0.6 is 0 Å². The maximum Gasteiger partial charge on any atom is 0.259 e. The molecule has 5 heteroatoms. The third kappa shape index (κ3) is 5.99. The van der Waals surface area contributed by atoms with E-state index in [1.54, 1.807) is 18.3 Å². The Morgan fingerprint density at radius 1 is 0.909 bits per heavy atom. The van der Waals surface area contributed by atoms with Gasteiger partial charge in [0.1, 0.15) is 11.3 Å². The average molecular weight is 444 g/mol. The number of aromatic nitrogens is 1. The van der Waals surface area contributed by atoms with Gasteiger partial charge < -0.3 is 9.64 Å². The third-order valence-electron chi connectivity index (χ3n) is 6.06. The van der Waals surface area contributed by atoms with E-state index in [-0.39, 0.29) is 11.3 Å². The highest BCUT2D eigenvalue weighted by Gasteiger charge is 2.24. The number of hydrogen-bond donors (Lipinski definition) is 0. The molecule has 1 fully saturated rings. The first-order chi connectivity index (χ1) is 15.9. The Morgan fingerprint density at radius 3 is 2.39 bits per heavy atom. The maximum atomic E-state index is 13.3. The van der Waals surface area contributed by atoms with Crippen LogP contribution in [0.1, 0.15) is 48.7 Å². The van der Waals surface area contributed by atoms with Crippen molar-refractivity contribution in [2.75, 3.05) is 26.2 Å². The third-order valence-corrected chi connectivity index (χ3v) is 6.06. The Kier molecular flexibility index (Phi) is 7.09. The minimum atomic E-state index is -0.0228. The lowest BCUT2D eigenvalue weighted by Crippen LogP contribution is -2.35. The molecule has 1 aromatic heterocycles. The highest BCUT2D eigenvalue weighted by atomic mass is 16.5. The Bertz CT molecular complexity index is 1060. The van der Waals surface area contributed by atoms with E-state index < -0.39 is 0 Å². The summed E-state index contributed by atoms with van der Waals surface area (Å²) in [7, 11) is 0. The van der Waals surface area contributed by atoms with E-state index in [1.807, 2.05) is 35.2 Å². The molecular weight excluding hydrogens is 410 g/mol. The second-order valence-electron chi connectivity index (χ2n) is 9.64. The number of para-hydroxylation sites is 1. The van der Waals surface area contributed by atoms with Crippen molar-refractivity contribution in [3.05, 3.63) is 89.6 Å². The number of nitrogens with zero attached hydrogens (tertiary/aromatic N) is 3. The van der Waals surface area contributed by atoms with E-state index in [1.165, 1.54) is 11.1 Å². The molecule has 2 aromatic carbocycles. The number of amides is 1. The fourth-order valence-corrected chi connectivity index (χ4v) is 4.11. The van der Waals surface area contributed by atoms with Gasteiger partial charge in [0.15, 0.2) is 0 Å². The van der Waals surface area contributed by atoms with Gasteiger partial charge in [-0.05, 0) is 47.2 Å². The molecule has 2 heterocycles. The predicted molar refractivity (Wildman–Crippen MR) is 132 cm³/mol. The number of pyridine rings is 1. The van der Waals surface area contributed by atoms with Crippen LogP contribution in [0.15, 0.2) is 72.9 Å². The summed E-state index contributed by atoms with van der Waals surface area (Å²) in [5.41, 5.74) is 3.34. The first-order valence-electron chi connectivity index (χ1n) is 11.7. The lowest BCUT2D eigenvalue weighted by atomic mass is 9.87. The summed E-state index contributed by atoms with van der Waals surface area (Å²) >= 11 is 0. The summed E-state index contributed by atoms with van der Waals surface area (Å²) in [6.07, 6.45) is 2.60. The molecule has 1 amide bonds. The molecule has 0 spiro atoms. The summed E-state index contributed by atoms with van der Waals surface area (Å²) in [6.45, 7) is 10.9. The molecule has 0 radical (unpaired) electrons. The molecule has 1 aliphatic rings. The van der Waals surface area contributed by atoms with Gasteiger partial charge in [-0.25, -0.2) is 4.98 Å². The molecule has 5 nitrogen and oxygen atoms in total. The van der Waals surface area contributed by atoms with E-state index in [0.29, 0.717) is 23.7 Å². The first-order valence-corrected chi connectivity index (χ1v) is 11.7. The van der Waals surface area contributed by atoms with Crippen LogP contribution in [0.5, 0.6) is 11.6 Å². The van der Waals surface area contributed by atoms with Crippen molar-refractivity contribution < 1.29 is 9.53 Å². The van der Waals surface area contributed by atoms with E-state index in [2.05, 4.69) is 54.9 Å². The fraction of sp³-hybridized carbons (Fsp3) is 0.357. The van der Waals surface area contributed by atoms with Crippen LogP contribution in [-0.4, -0.2) is 46.9 Å². The Hall–Kier alpha value is -3.18. The van der Waals surface area contributed by atoms with Crippen molar-refractivity contribution in [3.8, 4) is 11.6 Å². The molecule has 33 heavy (non-hydrogen) atoms. The highest BCUT2D eigenvalue weighted by molar-refractivity contribution is 5.96. The van der Waals surface area contributed by atoms with Crippen LogP contribution in [0.4, 0.5) is 0 Å². The molecule has 0 saturated carbocycles. The number of benzene rings is 2. The van der Waals surface area contributed by atoms with Crippen molar-refractivity contribution >= 4 is 5.91 Å². The molecule has 172 valence electrons. The van der Waals surface area contributed by atoms with Crippen LogP contribution in [0.2, 0.25) is 0 Å². The zero-order valence-electron chi connectivity index (χ0n) is 19.8. The predicted octanol–water partition coefficient (Wildman–Crippen LogP) is 5.52. The zero-order chi connectivity index (χ0) is 23.3. The Labute approximate surface area is 197 Å². The van der Waals surface area contributed by atoms with Crippen molar-refractivity contribution in [1.82, 2.24) is 14.8 Å². The van der Waals surface area contributed by atoms with Gasteiger partial charge in [-0.3, -0.25) is 9.69 Å². The average Bonchev–Trinajstić information content (AvgIpc) is 3.05. The van der Waals surface area contributed by atoms with Crippen LogP contribution < -0.4 is 4.74 Å².